The summed E-state index contributed by atoms with van der Waals surface area (Å²) in [6.45, 7) is -0.956. The number of hydrogen-bond donors (Lipinski definition) is 7. The zero-order valence-electron chi connectivity index (χ0n) is 14.9. The average molecular weight is 523 g/mol. The first-order valence-corrected chi connectivity index (χ1v) is 12.4. The van der Waals surface area contributed by atoms with Crippen LogP contribution in [0.4, 0.5) is 5.82 Å². The third-order valence-electron chi connectivity index (χ3n) is 3.82. The molecular weight excluding hydrogens is 503 g/mol. The molecule has 0 spiro atoms. The molecule has 1 aliphatic rings. The van der Waals surface area contributed by atoms with Crippen LogP contribution in [-0.4, -0.2) is 74.2 Å². The number of aliphatic hydroxyl groups excluding tert-OH is 2. The van der Waals surface area contributed by atoms with Gasteiger partial charge in [0.15, 0.2) is 17.7 Å². The molecular formula is C11H20N5O13P3. The fraction of sp³-hybridized carbons (Fsp3) is 0.545. The minimum absolute atomic E-state index is 0. The lowest BCUT2D eigenvalue weighted by molar-refractivity contribution is -0.0503. The normalized spacial score (nSPS) is 27.6. The molecule has 1 saturated heterocycles. The molecule has 0 aliphatic carbocycles. The van der Waals surface area contributed by atoms with Crippen LogP contribution in [0.2, 0.25) is 0 Å². The number of phosphoric acid groups is 3. The maximum absolute atomic E-state index is 11.8. The number of phosphoric ester groups is 1. The van der Waals surface area contributed by atoms with Crippen LogP contribution in [0.1, 0.15) is 13.7 Å². The second-order valence-electron chi connectivity index (χ2n) is 6.02. The number of nitrogen functional groups attached to an aromatic ring is 1. The van der Waals surface area contributed by atoms with Crippen LogP contribution in [0, 0.1) is 0 Å². The van der Waals surface area contributed by atoms with Crippen LogP contribution in [-0.2, 0) is 31.6 Å². The van der Waals surface area contributed by atoms with Gasteiger partial charge in [-0.25, -0.2) is 28.6 Å². The van der Waals surface area contributed by atoms with Gasteiger partial charge in [-0.15, -0.1) is 0 Å². The Hall–Kier alpha value is -1.36. The first-order valence-electron chi connectivity index (χ1n) is 7.92. The van der Waals surface area contributed by atoms with Crippen molar-refractivity contribution in [1.29, 1.82) is 0 Å². The SMILES string of the molecule is C.Nc1ncnc2c1ncn2[C@@H]1O[C@H](COP(=O)(O)OP(=O)(O)OP(=O)(O)O)C(O)[C@@H]1O. The van der Waals surface area contributed by atoms with E-state index in [-0.39, 0.29) is 24.4 Å². The number of aliphatic hydroxyl groups is 2. The maximum Gasteiger partial charge on any atom is 0.490 e. The van der Waals surface area contributed by atoms with Crippen molar-refractivity contribution in [3.05, 3.63) is 12.7 Å². The van der Waals surface area contributed by atoms with E-state index in [0.29, 0.717) is 0 Å². The Bertz CT molecular complexity index is 1110. The lowest BCUT2D eigenvalue weighted by atomic mass is 10.1. The summed E-state index contributed by atoms with van der Waals surface area (Å²) >= 11 is 0. The van der Waals surface area contributed by atoms with E-state index in [1.165, 1.54) is 10.9 Å². The number of ether oxygens (including phenoxy) is 1. The van der Waals surface area contributed by atoms with E-state index in [1.54, 1.807) is 0 Å². The second-order valence-corrected chi connectivity index (χ2v) is 10.4. The Morgan fingerprint density at radius 2 is 1.69 bits per heavy atom. The van der Waals surface area contributed by atoms with Crippen molar-refractivity contribution in [2.75, 3.05) is 12.3 Å². The highest BCUT2D eigenvalue weighted by Crippen LogP contribution is 2.66. The van der Waals surface area contributed by atoms with E-state index in [0.717, 1.165) is 6.33 Å². The van der Waals surface area contributed by atoms with Crippen molar-refractivity contribution >= 4 is 40.4 Å². The summed E-state index contributed by atoms with van der Waals surface area (Å²) in [5.41, 5.74) is 6.00. The molecule has 0 radical (unpaired) electrons. The Balaban J connectivity index is 0.00000363. The van der Waals surface area contributed by atoms with E-state index in [4.69, 9.17) is 25.2 Å². The number of nitrogens with two attached hydrogens (primary N) is 1. The summed E-state index contributed by atoms with van der Waals surface area (Å²) in [5.74, 6) is 0.0426. The molecule has 2 aromatic rings. The summed E-state index contributed by atoms with van der Waals surface area (Å²) in [7, 11) is -16.7. The van der Waals surface area contributed by atoms with Gasteiger partial charge in [0.05, 0.1) is 12.9 Å². The number of anilines is 1. The third-order valence-corrected chi connectivity index (χ3v) is 7.62. The highest BCUT2D eigenvalue weighted by atomic mass is 31.3. The fourth-order valence-corrected chi connectivity index (χ4v) is 5.65. The van der Waals surface area contributed by atoms with Crippen molar-refractivity contribution < 1.29 is 61.4 Å². The predicted molar refractivity (Wildman–Crippen MR) is 102 cm³/mol. The third kappa shape index (κ3) is 6.15. The van der Waals surface area contributed by atoms with Gasteiger partial charge in [0.2, 0.25) is 0 Å². The highest BCUT2D eigenvalue weighted by Gasteiger charge is 2.47. The Morgan fingerprint density at radius 1 is 1.03 bits per heavy atom. The van der Waals surface area contributed by atoms with Crippen molar-refractivity contribution in [3.8, 4) is 0 Å². The zero-order valence-corrected chi connectivity index (χ0v) is 17.6. The van der Waals surface area contributed by atoms with Crippen LogP contribution < -0.4 is 5.73 Å². The quantitative estimate of drug-likeness (QED) is 0.204. The molecule has 0 bridgehead atoms. The van der Waals surface area contributed by atoms with Crippen LogP contribution in [0.15, 0.2) is 12.7 Å². The fourth-order valence-electron chi connectivity index (χ4n) is 2.62. The molecule has 0 saturated carbocycles. The van der Waals surface area contributed by atoms with Crippen LogP contribution in [0.5, 0.6) is 0 Å². The topological polar surface area (TPSA) is 279 Å². The Morgan fingerprint density at radius 3 is 2.31 bits per heavy atom. The van der Waals surface area contributed by atoms with E-state index >= 15 is 0 Å². The molecule has 2 aromatic heterocycles. The van der Waals surface area contributed by atoms with Gasteiger partial charge in [0, 0.05) is 0 Å². The summed E-state index contributed by atoms with van der Waals surface area (Å²) < 4.78 is 51.9. The molecule has 182 valence electrons. The average Bonchev–Trinajstić information content (AvgIpc) is 3.13. The number of aromatic nitrogens is 4. The van der Waals surface area contributed by atoms with E-state index in [2.05, 4.69) is 28.1 Å². The molecule has 3 unspecified atom stereocenters. The minimum atomic E-state index is -5.70. The van der Waals surface area contributed by atoms with Gasteiger partial charge in [0.1, 0.15) is 30.2 Å². The van der Waals surface area contributed by atoms with Gasteiger partial charge in [-0.05, 0) is 0 Å². The molecule has 18 nitrogen and oxygen atoms in total. The predicted octanol–water partition coefficient (Wildman–Crippen LogP) is -0.993. The van der Waals surface area contributed by atoms with Gasteiger partial charge >= 0.3 is 23.5 Å². The molecule has 3 heterocycles. The number of hydrogen-bond acceptors (Lipinski definition) is 13. The van der Waals surface area contributed by atoms with Gasteiger partial charge < -0.3 is 40.3 Å². The molecule has 3 rings (SSSR count). The van der Waals surface area contributed by atoms with Crippen molar-refractivity contribution in [3.63, 3.8) is 0 Å². The number of imidazole rings is 1. The van der Waals surface area contributed by atoms with Crippen LogP contribution >= 0.6 is 23.5 Å². The summed E-state index contributed by atoms with van der Waals surface area (Å²) in [4.78, 5) is 47.2. The monoisotopic (exact) mass is 523 g/mol. The van der Waals surface area contributed by atoms with Gasteiger partial charge in [-0.1, -0.05) is 7.43 Å². The van der Waals surface area contributed by atoms with Gasteiger partial charge in [0.25, 0.3) is 0 Å². The molecule has 0 amide bonds. The summed E-state index contributed by atoms with van der Waals surface area (Å²) in [6.07, 6.45) is -3.69. The number of rotatable bonds is 8. The second kappa shape index (κ2) is 9.48. The Kier molecular flexibility index (Phi) is 7.97. The largest absolute Gasteiger partial charge is 0.490 e. The smallest absolute Gasteiger partial charge is 0.387 e. The first-order chi connectivity index (χ1) is 14.2. The van der Waals surface area contributed by atoms with Gasteiger partial charge in [-0.2, -0.15) is 8.62 Å². The van der Waals surface area contributed by atoms with Crippen molar-refractivity contribution in [2.24, 2.45) is 0 Å². The molecule has 32 heavy (non-hydrogen) atoms. The molecule has 8 N–H and O–H groups in total. The molecule has 1 aliphatic heterocycles. The minimum Gasteiger partial charge on any atom is -0.387 e. The van der Waals surface area contributed by atoms with E-state index < -0.39 is 54.6 Å². The summed E-state index contributed by atoms with van der Waals surface area (Å²) in [6, 6.07) is 0. The van der Waals surface area contributed by atoms with Gasteiger partial charge in [-0.3, -0.25) is 9.09 Å². The lowest BCUT2D eigenvalue weighted by Crippen LogP contribution is -2.33. The standard InChI is InChI=1S/C10H16N5O13P3.CH4/c11-8-5-9(13-2-12-8)15(3-14-5)10-7(17)6(16)4(26-10)1-25-30(21,22)28-31(23,24)27-29(18,19)20;/h2-4,6-7,10,16-17H,1H2,(H,21,22)(H,23,24)(H2,11,12,13)(H2,18,19,20);1H4/t4-,6?,7+,10-;/m1./s1. The molecule has 1 fully saturated rings. The van der Waals surface area contributed by atoms with Crippen LogP contribution in [0.3, 0.4) is 0 Å². The molecule has 21 heteroatoms. The lowest BCUT2D eigenvalue weighted by Gasteiger charge is -2.19. The zero-order chi connectivity index (χ0) is 23.2. The van der Waals surface area contributed by atoms with Crippen LogP contribution in [0.25, 0.3) is 11.2 Å². The number of nitrogens with zero attached hydrogens (tertiary/aromatic N) is 4. The van der Waals surface area contributed by atoms with E-state index in [9.17, 15) is 28.8 Å². The first kappa shape index (κ1) is 26.9. The number of fused-ring (bicyclic) bond motifs is 1. The summed E-state index contributed by atoms with van der Waals surface area (Å²) in [5, 5.41) is 20.4. The highest BCUT2D eigenvalue weighted by molar-refractivity contribution is 7.66. The molecule has 6 atom stereocenters. The molecule has 0 aromatic carbocycles. The van der Waals surface area contributed by atoms with E-state index in [1.807, 2.05) is 0 Å². The Labute approximate surface area is 179 Å². The van der Waals surface area contributed by atoms with Crippen molar-refractivity contribution in [1.82, 2.24) is 19.5 Å². The maximum atomic E-state index is 11.8. The van der Waals surface area contributed by atoms with Crippen molar-refractivity contribution in [2.45, 2.75) is 32.0 Å².